The monoisotopic (exact) mass is 432 g/mol. The summed E-state index contributed by atoms with van der Waals surface area (Å²) in [6, 6.07) is 13.4. The Morgan fingerprint density at radius 2 is 1.93 bits per heavy atom. The summed E-state index contributed by atoms with van der Waals surface area (Å²) >= 11 is 1.34. The standard InChI is InChI=1S/C23H29FN2O3S/c1-4-21(23(28)25-5-2)26(14-17-9-8-11-19(13-17)29-3)22(27)16-30-15-18-10-6-7-12-20(18)24/h6-13,21H,4-5,14-16H2,1-3H3,(H,25,28). The second kappa shape index (κ2) is 12.2. The van der Waals surface area contributed by atoms with Crippen LogP contribution < -0.4 is 10.1 Å². The summed E-state index contributed by atoms with van der Waals surface area (Å²) in [5.74, 6) is 0.643. The molecule has 0 aromatic heterocycles. The number of ether oxygens (including phenoxy) is 1. The highest BCUT2D eigenvalue weighted by atomic mass is 32.2. The Hall–Kier alpha value is -2.54. The maximum atomic E-state index is 13.8. The van der Waals surface area contributed by atoms with Gasteiger partial charge in [0.2, 0.25) is 11.8 Å². The SMILES string of the molecule is CCNC(=O)C(CC)N(Cc1cccc(OC)c1)C(=O)CSCc1ccccc1F. The number of rotatable bonds is 11. The number of hydrogen-bond donors (Lipinski definition) is 1. The molecule has 0 aliphatic carbocycles. The first-order chi connectivity index (χ1) is 14.5. The molecule has 0 saturated carbocycles. The lowest BCUT2D eigenvalue weighted by molar-refractivity contribution is -0.139. The summed E-state index contributed by atoms with van der Waals surface area (Å²) in [6.45, 7) is 4.53. The van der Waals surface area contributed by atoms with Crippen molar-refractivity contribution in [1.82, 2.24) is 10.2 Å². The molecule has 30 heavy (non-hydrogen) atoms. The lowest BCUT2D eigenvalue weighted by Gasteiger charge is -2.30. The number of nitrogens with zero attached hydrogens (tertiary/aromatic N) is 1. The van der Waals surface area contributed by atoms with E-state index in [0.717, 1.165) is 5.56 Å². The Balaban J connectivity index is 2.14. The maximum Gasteiger partial charge on any atom is 0.242 e. The van der Waals surface area contributed by atoms with Crippen LogP contribution in [0.5, 0.6) is 5.75 Å². The molecule has 2 aromatic carbocycles. The van der Waals surface area contributed by atoms with Gasteiger partial charge >= 0.3 is 0 Å². The van der Waals surface area contributed by atoms with Crippen LogP contribution in [0.2, 0.25) is 0 Å². The summed E-state index contributed by atoms with van der Waals surface area (Å²) in [6.07, 6.45) is 0.500. The Bertz CT molecular complexity index is 847. The van der Waals surface area contributed by atoms with Crippen LogP contribution in [0.25, 0.3) is 0 Å². The van der Waals surface area contributed by atoms with Crippen LogP contribution in [0.1, 0.15) is 31.4 Å². The number of likely N-dealkylation sites (N-methyl/N-ethyl adjacent to an activating group) is 1. The molecular weight excluding hydrogens is 403 g/mol. The van der Waals surface area contributed by atoms with E-state index >= 15 is 0 Å². The fraction of sp³-hybridized carbons (Fsp3) is 0.391. The molecule has 0 aliphatic heterocycles. The third-order valence-corrected chi connectivity index (χ3v) is 5.63. The quantitative estimate of drug-likeness (QED) is 0.583. The van der Waals surface area contributed by atoms with Crippen LogP contribution in [-0.4, -0.2) is 42.2 Å². The van der Waals surface area contributed by atoms with E-state index in [-0.39, 0.29) is 23.4 Å². The van der Waals surface area contributed by atoms with E-state index in [4.69, 9.17) is 4.74 Å². The van der Waals surface area contributed by atoms with Gasteiger partial charge in [0.1, 0.15) is 17.6 Å². The molecule has 2 amide bonds. The van der Waals surface area contributed by atoms with Crippen molar-refractivity contribution in [2.24, 2.45) is 0 Å². The van der Waals surface area contributed by atoms with Crippen LogP contribution in [0.15, 0.2) is 48.5 Å². The Kier molecular flexibility index (Phi) is 9.67. The van der Waals surface area contributed by atoms with Crippen LogP contribution in [0.3, 0.4) is 0 Å². The van der Waals surface area contributed by atoms with Gasteiger partial charge in [-0.05, 0) is 42.7 Å². The van der Waals surface area contributed by atoms with Gasteiger partial charge < -0.3 is 15.0 Å². The Morgan fingerprint density at radius 1 is 1.17 bits per heavy atom. The minimum absolute atomic E-state index is 0.155. The van der Waals surface area contributed by atoms with E-state index in [2.05, 4.69) is 5.32 Å². The van der Waals surface area contributed by atoms with Crippen molar-refractivity contribution in [2.45, 2.75) is 38.6 Å². The highest BCUT2D eigenvalue weighted by Gasteiger charge is 2.28. The van der Waals surface area contributed by atoms with Gasteiger partial charge in [-0.1, -0.05) is 37.3 Å². The van der Waals surface area contributed by atoms with Crippen molar-refractivity contribution in [2.75, 3.05) is 19.4 Å². The second-order valence-electron chi connectivity index (χ2n) is 6.78. The van der Waals surface area contributed by atoms with Gasteiger partial charge in [0.15, 0.2) is 0 Å². The number of nitrogens with one attached hydrogen (secondary N) is 1. The second-order valence-corrected chi connectivity index (χ2v) is 7.76. The molecule has 0 spiro atoms. The van der Waals surface area contributed by atoms with Crippen LogP contribution in [0, 0.1) is 5.82 Å². The molecule has 0 heterocycles. The molecule has 5 nitrogen and oxygen atoms in total. The summed E-state index contributed by atoms with van der Waals surface area (Å²) < 4.78 is 19.1. The molecule has 0 bridgehead atoms. The number of halogens is 1. The molecule has 1 unspecified atom stereocenters. The van der Waals surface area contributed by atoms with E-state index in [0.29, 0.717) is 36.6 Å². The third-order valence-electron chi connectivity index (χ3n) is 4.66. The first kappa shape index (κ1) is 23.7. The molecule has 0 fully saturated rings. The number of carbonyl (C=O) groups is 2. The van der Waals surface area contributed by atoms with Gasteiger partial charge in [-0.3, -0.25) is 9.59 Å². The van der Waals surface area contributed by atoms with Crippen molar-refractivity contribution < 1.29 is 18.7 Å². The zero-order valence-corrected chi connectivity index (χ0v) is 18.5. The molecule has 0 aliphatic rings. The van der Waals surface area contributed by atoms with Crippen molar-refractivity contribution in [1.29, 1.82) is 0 Å². The zero-order valence-electron chi connectivity index (χ0n) is 17.7. The van der Waals surface area contributed by atoms with Gasteiger partial charge in [-0.2, -0.15) is 0 Å². The highest BCUT2D eigenvalue weighted by Crippen LogP contribution is 2.20. The molecule has 0 radical (unpaired) electrons. The van der Waals surface area contributed by atoms with E-state index in [9.17, 15) is 14.0 Å². The zero-order chi connectivity index (χ0) is 21.9. The minimum atomic E-state index is -0.572. The average Bonchev–Trinajstić information content (AvgIpc) is 2.75. The highest BCUT2D eigenvalue weighted by molar-refractivity contribution is 7.99. The van der Waals surface area contributed by atoms with Crippen LogP contribution >= 0.6 is 11.8 Å². The van der Waals surface area contributed by atoms with Gasteiger partial charge in [0, 0.05) is 18.8 Å². The van der Waals surface area contributed by atoms with Crippen molar-refractivity contribution in [3.8, 4) is 5.75 Å². The van der Waals surface area contributed by atoms with Gasteiger partial charge in [0.05, 0.1) is 12.9 Å². The Labute approximate surface area is 182 Å². The van der Waals surface area contributed by atoms with Gasteiger partial charge in [0.25, 0.3) is 0 Å². The largest absolute Gasteiger partial charge is 0.497 e. The topological polar surface area (TPSA) is 58.6 Å². The fourth-order valence-electron chi connectivity index (χ4n) is 3.13. The summed E-state index contributed by atoms with van der Waals surface area (Å²) in [5.41, 5.74) is 1.44. The molecule has 1 N–H and O–H groups in total. The van der Waals surface area contributed by atoms with Crippen LogP contribution in [0.4, 0.5) is 4.39 Å². The van der Waals surface area contributed by atoms with E-state index in [1.165, 1.54) is 17.8 Å². The van der Waals surface area contributed by atoms with Gasteiger partial charge in [-0.15, -0.1) is 11.8 Å². The first-order valence-corrected chi connectivity index (χ1v) is 11.2. The molecular formula is C23H29FN2O3S. The minimum Gasteiger partial charge on any atom is -0.497 e. The van der Waals surface area contributed by atoms with E-state index in [1.54, 1.807) is 30.2 Å². The average molecular weight is 433 g/mol. The number of methoxy groups -OCH3 is 1. The number of amides is 2. The number of thioether (sulfide) groups is 1. The summed E-state index contributed by atoms with van der Waals surface area (Å²) in [4.78, 5) is 27.3. The fourth-order valence-corrected chi connectivity index (χ4v) is 4.02. The first-order valence-electron chi connectivity index (χ1n) is 10.0. The predicted octanol–water partition coefficient (Wildman–Crippen LogP) is 4.01. The number of carbonyl (C=O) groups excluding carboxylic acids is 2. The molecule has 7 heteroatoms. The van der Waals surface area contributed by atoms with E-state index in [1.807, 2.05) is 38.1 Å². The van der Waals surface area contributed by atoms with Crippen molar-refractivity contribution in [3.63, 3.8) is 0 Å². The summed E-state index contributed by atoms with van der Waals surface area (Å²) in [5, 5.41) is 2.82. The predicted molar refractivity (Wildman–Crippen MR) is 119 cm³/mol. The smallest absolute Gasteiger partial charge is 0.242 e. The molecule has 162 valence electrons. The normalized spacial score (nSPS) is 11.6. The summed E-state index contributed by atoms with van der Waals surface area (Å²) in [7, 11) is 1.59. The maximum absolute atomic E-state index is 13.8. The van der Waals surface area contributed by atoms with E-state index < -0.39 is 6.04 Å². The third kappa shape index (κ3) is 6.76. The molecule has 2 aromatic rings. The molecule has 2 rings (SSSR count). The number of hydrogen-bond acceptors (Lipinski definition) is 4. The number of benzene rings is 2. The van der Waals surface area contributed by atoms with Gasteiger partial charge in [-0.25, -0.2) is 4.39 Å². The molecule has 1 atom stereocenters. The van der Waals surface area contributed by atoms with Crippen molar-refractivity contribution in [3.05, 3.63) is 65.5 Å². The Morgan fingerprint density at radius 3 is 2.60 bits per heavy atom. The molecule has 0 saturated heterocycles. The lowest BCUT2D eigenvalue weighted by Crippen LogP contribution is -2.49. The van der Waals surface area contributed by atoms with Crippen molar-refractivity contribution >= 4 is 23.6 Å². The lowest BCUT2D eigenvalue weighted by atomic mass is 10.1. The van der Waals surface area contributed by atoms with Crippen LogP contribution in [-0.2, 0) is 21.9 Å².